The highest BCUT2D eigenvalue weighted by atomic mass is 16.6. The maximum Gasteiger partial charge on any atom is 0.189 e. The number of ether oxygens (including phenoxy) is 1. The summed E-state index contributed by atoms with van der Waals surface area (Å²) < 4.78 is 4.82. The molecule has 0 aromatic rings. The van der Waals surface area contributed by atoms with Gasteiger partial charge in [0.1, 0.15) is 5.60 Å². The van der Waals surface area contributed by atoms with Crippen molar-refractivity contribution in [1.82, 2.24) is 0 Å². The zero-order valence-electron chi connectivity index (χ0n) is 6.73. The molecule has 1 aliphatic heterocycles. The Balaban J connectivity index is 2.49. The minimum atomic E-state index is -1.54. The SMILES string of the molecule is OCC1(O)CCC(O)(CO)OC1. The van der Waals surface area contributed by atoms with E-state index in [1.807, 2.05) is 0 Å². The Morgan fingerprint density at radius 2 is 1.75 bits per heavy atom. The van der Waals surface area contributed by atoms with Crippen LogP contribution in [0, 0.1) is 0 Å². The van der Waals surface area contributed by atoms with E-state index in [-0.39, 0.29) is 19.4 Å². The largest absolute Gasteiger partial charge is 0.393 e. The van der Waals surface area contributed by atoms with Crippen molar-refractivity contribution in [3.63, 3.8) is 0 Å². The summed E-state index contributed by atoms with van der Waals surface area (Å²) in [5, 5.41) is 36.2. The Labute approximate surface area is 70.2 Å². The number of hydrogen-bond donors (Lipinski definition) is 4. The van der Waals surface area contributed by atoms with E-state index in [0.717, 1.165) is 0 Å². The Morgan fingerprint density at radius 1 is 1.08 bits per heavy atom. The van der Waals surface area contributed by atoms with Crippen molar-refractivity contribution < 1.29 is 25.2 Å². The summed E-state index contributed by atoms with van der Waals surface area (Å²) in [7, 11) is 0. The molecule has 1 heterocycles. The first-order valence-electron chi connectivity index (χ1n) is 3.84. The summed E-state index contributed by atoms with van der Waals surface area (Å²) in [6, 6.07) is 0. The quantitative estimate of drug-likeness (QED) is 0.400. The van der Waals surface area contributed by atoms with Crippen LogP contribution >= 0.6 is 0 Å². The monoisotopic (exact) mass is 178 g/mol. The molecule has 72 valence electrons. The third-order valence-electron chi connectivity index (χ3n) is 2.13. The van der Waals surface area contributed by atoms with Crippen LogP contribution < -0.4 is 0 Å². The van der Waals surface area contributed by atoms with E-state index in [1.165, 1.54) is 0 Å². The fraction of sp³-hybridized carbons (Fsp3) is 1.00. The highest BCUT2D eigenvalue weighted by Crippen LogP contribution is 2.28. The molecule has 0 saturated carbocycles. The van der Waals surface area contributed by atoms with E-state index >= 15 is 0 Å². The van der Waals surface area contributed by atoms with Crippen LogP contribution in [-0.2, 0) is 4.74 Å². The minimum absolute atomic E-state index is 0.126. The number of aliphatic hydroxyl groups excluding tert-OH is 2. The summed E-state index contributed by atoms with van der Waals surface area (Å²) >= 11 is 0. The lowest BCUT2D eigenvalue weighted by molar-refractivity contribution is -0.283. The lowest BCUT2D eigenvalue weighted by Crippen LogP contribution is -2.52. The van der Waals surface area contributed by atoms with E-state index in [0.29, 0.717) is 0 Å². The van der Waals surface area contributed by atoms with Crippen molar-refractivity contribution in [2.75, 3.05) is 19.8 Å². The first kappa shape index (κ1) is 9.88. The number of aliphatic hydroxyl groups is 4. The molecule has 0 aromatic carbocycles. The van der Waals surface area contributed by atoms with Crippen LogP contribution in [0.3, 0.4) is 0 Å². The van der Waals surface area contributed by atoms with Gasteiger partial charge in [0.05, 0.1) is 19.8 Å². The molecular formula is C7H14O5. The summed E-state index contributed by atoms with van der Waals surface area (Å²) in [5.74, 6) is -1.54. The van der Waals surface area contributed by atoms with Gasteiger partial charge >= 0.3 is 0 Å². The second-order valence-corrected chi connectivity index (χ2v) is 3.28. The molecule has 0 aliphatic carbocycles. The average molecular weight is 178 g/mol. The first-order valence-corrected chi connectivity index (χ1v) is 3.84. The molecule has 5 nitrogen and oxygen atoms in total. The van der Waals surface area contributed by atoms with Gasteiger partial charge in [-0.2, -0.15) is 0 Å². The summed E-state index contributed by atoms with van der Waals surface area (Å²) in [6.07, 6.45) is 0.348. The molecule has 2 atom stereocenters. The number of rotatable bonds is 2. The fourth-order valence-corrected chi connectivity index (χ4v) is 1.09. The highest BCUT2D eigenvalue weighted by Gasteiger charge is 2.40. The van der Waals surface area contributed by atoms with E-state index in [9.17, 15) is 10.2 Å². The Morgan fingerprint density at radius 3 is 2.08 bits per heavy atom. The van der Waals surface area contributed by atoms with Gasteiger partial charge in [-0.3, -0.25) is 0 Å². The van der Waals surface area contributed by atoms with Gasteiger partial charge in [-0.05, 0) is 6.42 Å². The van der Waals surface area contributed by atoms with Crippen molar-refractivity contribution in [1.29, 1.82) is 0 Å². The fourth-order valence-electron chi connectivity index (χ4n) is 1.09. The molecule has 12 heavy (non-hydrogen) atoms. The van der Waals surface area contributed by atoms with E-state index < -0.39 is 24.6 Å². The normalized spacial score (nSPS) is 43.0. The molecule has 0 bridgehead atoms. The van der Waals surface area contributed by atoms with Crippen LogP contribution in [0.5, 0.6) is 0 Å². The molecule has 0 amide bonds. The van der Waals surface area contributed by atoms with Crippen LogP contribution in [0.25, 0.3) is 0 Å². The van der Waals surface area contributed by atoms with Crippen LogP contribution in [0.4, 0.5) is 0 Å². The summed E-state index contributed by atoms with van der Waals surface area (Å²) in [5.41, 5.74) is -1.26. The molecular weight excluding hydrogens is 164 g/mol. The van der Waals surface area contributed by atoms with E-state index in [2.05, 4.69) is 0 Å². The Bertz CT molecular complexity index is 132. The third-order valence-corrected chi connectivity index (χ3v) is 2.13. The second kappa shape index (κ2) is 3.27. The molecule has 1 aliphatic rings. The van der Waals surface area contributed by atoms with Gasteiger partial charge < -0.3 is 25.2 Å². The second-order valence-electron chi connectivity index (χ2n) is 3.28. The van der Waals surface area contributed by atoms with Gasteiger partial charge in [-0.1, -0.05) is 0 Å². The molecule has 0 spiro atoms. The Hall–Kier alpha value is -0.200. The van der Waals surface area contributed by atoms with Crippen molar-refractivity contribution in [3.05, 3.63) is 0 Å². The lowest BCUT2D eigenvalue weighted by Gasteiger charge is -2.38. The summed E-state index contributed by atoms with van der Waals surface area (Å²) in [6.45, 7) is -1.04. The molecule has 0 radical (unpaired) electrons. The van der Waals surface area contributed by atoms with Crippen molar-refractivity contribution in [2.45, 2.75) is 24.2 Å². The summed E-state index contributed by atoms with van der Waals surface area (Å²) in [4.78, 5) is 0. The van der Waals surface area contributed by atoms with Crippen molar-refractivity contribution >= 4 is 0 Å². The molecule has 5 heteroatoms. The first-order chi connectivity index (χ1) is 5.54. The average Bonchev–Trinajstić information content (AvgIpc) is 2.11. The van der Waals surface area contributed by atoms with Gasteiger partial charge in [0.2, 0.25) is 0 Å². The molecule has 1 rings (SSSR count). The van der Waals surface area contributed by atoms with Crippen molar-refractivity contribution in [2.24, 2.45) is 0 Å². The minimum Gasteiger partial charge on any atom is -0.393 e. The zero-order chi connectivity index (χ0) is 9.24. The van der Waals surface area contributed by atoms with Crippen LogP contribution in [0.15, 0.2) is 0 Å². The van der Waals surface area contributed by atoms with Gasteiger partial charge in [0.15, 0.2) is 5.79 Å². The predicted molar refractivity (Wildman–Crippen MR) is 39.3 cm³/mol. The molecule has 2 unspecified atom stereocenters. The maximum absolute atomic E-state index is 9.44. The maximum atomic E-state index is 9.44. The molecule has 4 N–H and O–H groups in total. The van der Waals surface area contributed by atoms with Gasteiger partial charge in [0, 0.05) is 6.42 Å². The van der Waals surface area contributed by atoms with Crippen molar-refractivity contribution in [3.8, 4) is 0 Å². The zero-order valence-corrected chi connectivity index (χ0v) is 6.73. The van der Waals surface area contributed by atoms with E-state index in [1.54, 1.807) is 0 Å². The third kappa shape index (κ3) is 1.94. The molecule has 1 fully saturated rings. The molecule has 0 aromatic heterocycles. The lowest BCUT2D eigenvalue weighted by atomic mass is 9.93. The predicted octanol–water partition coefficient (Wildman–Crippen LogP) is -1.80. The van der Waals surface area contributed by atoms with E-state index in [4.69, 9.17) is 14.9 Å². The van der Waals surface area contributed by atoms with Gasteiger partial charge in [0.25, 0.3) is 0 Å². The molecule has 1 saturated heterocycles. The smallest absolute Gasteiger partial charge is 0.189 e. The van der Waals surface area contributed by atoms with Gasteiger partial charge in [-0.15, -0.1) is 0 Å². The highest BCUT2D eigenvalue weighted by molar-refractivity contribution is 4.86. The number of hydrogen-bond acceptors (Lipinski definition) is 5. The van der Waals surface area contributed by atoms with Crippen LogP contribution in [0.1, 0.15) is 12.8 Å². The van der Waals surface area contributed by atoms with Gasteiger partial charge in [-0.25, -0.2) is 0 Å². The Kier molecular flexibility index (Phi) is 2.70. The van der Waals surface area contributed by atoms with Crippen LogP contribution in [-0.4, -0.2) is 51.6 Å². The topological polar surface area (TPSA) is 90.2 Å². The standard InChI is InChI=1S/C7H14O5/c8-3-6(10)1-2-7(11,4-9)12-5-6/h8-11H,1-5H2. The van der Waals surface area contributed by atoms with Crippen LogP contribution in [0.2, 0.25) is 0 Å².